The van der Waals surface area contributed by atoms with Crippen LogP contribution in [-0.2, 0) is 14.8 Å². The summed E-state index contributed by atoms with van der Waals surface area (Å²) in [5.74, 6) is -3.16. The number of ketones is 1. The second-order valence-electron chi connectivity index (χ2n) is 8.06. The van der Waals surface area contributed by atoms with Crippen molar-refractivity contribution in [3.63, 3.8) is 0 Å². The van der Waals surface area contributed by atoms with Crippen molar-refractivity contribution in [2.75, 3.05) is 22.7 Å². The van der Waals surface area contributed by atoms with Crippen molar-refractivity contribution in [1.29, 1.82) is 0 Å². The number of carbonyl (C=O) groups is 3. The minimum absolute atomic E-state index is 0.0338. The second-order valence-corrected chi connectivity index (χ2v) is 9.74. The van der Waals surface area contributed by atoms with E-state index in [2.05, 4.69) is 16.6 Å². The standard InChI is InChI=1S/C20H23N3O5S.C2HF3O2/c1-13-7-9-23(10-8-13)19-18(20(25)26)11-16(12-21-19)22-29(27,28)17-5-3-15(4-6-17)14(2)24;3-2(4,5)1(6)7/h3-6,11-13,22H,7-10H2,1-2H3,(H,25,26);(H,6,7). The number of hydrogen-bond donors (Lipinski definition) is 3. The fraction of sp³-hybridized carbons (Fsp3) is 0.364. The monoisotopic (exact) mass is 531 g/mol. The molecule has 0 amide bonds. The smallest absolute Gasteiger partial charge is 0.478 e. The van der Waals surface area contributed by atoms with Crippen LogP contribution in [0.2, 0.25) is 0 Å². The van der Waals surface area contributed by atoms with E-state index in [9.17, 15) is 36.3 Å². The van der Waals surface area contributed by atoms with Gasteiger partial charge in [0.15, 0.2) is 5.78 Å². The molecule has 10 nitrogen and oxygen atoms in total. The summed E-state index contributed by atoms with van der Waals surface area (Å²) in [6.07, 6.45) is -1.86. The lowest BCUT2D eigenvalue weighted by atomic mass is 9.99. The Hall–Kier alpha value is -3.68. The first-order valence-electron chi connectivity index (χ1n) is 10.5. The molecule has 3 N–H and O–H groups in total. The normalized spacial score (nSPS) is 14.4. The zero-order valence-electron chi connectivity index (χ0n) is 19.2. The zero-order chi connectivity index (χ0) is 27.3. The molecule has 1 aliphatic heterocycles. The van der Waals surface area contributed by atoms with Crippen molar-refractivity contribution in [2.45, 2.75) is 37.8 Å². The topological polar surface area (TPSA) is 154 Å². The highest BCUT2D eigenvalue weighted by atomic mass is 32.2. The molecule has 36 heavy (non-hydrogen) atoms. The number of pyridine rings is 1. The van der Waals surface area contributed by atoms with Crippen molar-refractivity contribution < 1.29 is 46.2 Å². The predicted octanol–water partition coefficient (Wildman–Crippen LogP) is 3.65. The SMILES string of the molecule is CC(=O)c1ccc(S(=O)(=O)Nc2cnc(N3CCC(C)CC3)c(C(=O)O)c2)cc1.O=C(O)C(F)(F)F. The maximum Gasteiger partial charge on any atom is 0.490 e. The Morgan fingerprint density at radius 1 is 1.08 bits per heavy atom. The number of carboxylic acid groups (broad SMARTS) is 2. The summed E-state index contributed by atoms with van der Waals surface area (Å²) in [6.45, 7) is 4.97. The molecule has 0 saturated carbocycles. The van der Waals surface area contributed by atoms with Crippen LogP contribution in [0.25, 0.3) is 0 Å². The van der Waals surface area contributed by atoms with Crippen molar-refractivity contribution in [3.05, 3.63) is 47.7 Å². The molecule has 1 aromatic carbocycles. The quantitative estimate of drug-likeness (QED) is 0.474. The predicted molar refractivity (Wildman–Crippen MR) is 123 cm³/mol. The fourth-order valence-electron chi connectivity index (χ4n) is 3.23. The minimum atomic E-state index is -5.08. The van der Waals surface area contributed by atoms with Gasteiger partial charge in [0.05, 0.1) is 16.8 Å². The molecule has 0 aliphatic carbocycles. The van der Waals surface area contributed by atoms with E-state index in [0.717, 1.165) is 12.8 Å². The summed E-state index contributed by atoms with van der Waals surface area (Å²) in [4.78, 5) is 38.1. The average molecular weight is 532 g/mol. The van der Waals surface area contributed by atoms with E-state index in [1.54, 1.807) is 0 Å². The number of alkyl halides is 3. The van der Waals surface area contributed by atoms with Gasteiger partial charge in [-0.1, -0.05) is 19.1 Å². The minimum Gasteiger partial charge on any atom is -0.478 e. The number of anilines is 2. The van der Waals surface area contributed by atoms with E-state index in [0.29, 0.717) is 30.4 Å². The average Bonchev–Trinajstić information content (AvgIpc) is 2.79. The van der Waals surface area contributed by atoms with Gasteiger partial charge in [0.2, 0.25) is 0 Å². The number of piperidine rings is 1. The molecule has 1 aromatic heterocycles. The molecule has 1 saturated heterocycles. The molecule has 0 unspecified atom stereocenters. The molecule has 0 radical (unpaired) electrons. The largest absolute Gasteiger partial charge is 0.490 e. The number of carbonyl (C=O) groups excluding carboxylic acids is 1. The number of halogens is 3. The number of aromatic nitrogens is 1. The number of aromatic carboxylic acids is 1. The summed E-state index contributed by atoms with van der Waals surface area (Å²) in [6, 6.07) is 6.79. The van der Waals surface area contributed by atoms with Crippen molar-refractivity contribution in [1.82, 2.24) is 4.98 Å². The maximum atomic E-state index is 12.6. The van der Waals surface area contributed by atoms with Crippen molar-refractivity contribution in [2.24, 2.45) is 5.92 Å². The Kier molecular flexibility index (Phi) is 9.02. The van der Waals surface area contributed by atoms with Gasteiger partial charge in [-0.25, -0.2) is 23.0 Å². The van der Waals surface area contributed by atoms with Crippen LogP contribution in [0, 0.1) is 5.92 Å². The van der Waals surface area contributed by atoms with E-state index >= 15 is 0 Å². The van der Waals surface area contributed by atoms with Crippen molar-refractivity contribution in [3.8, 4) is 0 Å². The van der Waals surface area contributed by atoms with Crippen LogP contribution in [-0.4, -0.2) is 60.6 Å². The summed E-state index contributed by atoms with van der Waals surface area (Å²) >= 11 is 0. The second kappa shape index (κ2) is 11.4. The van der Waals surface area contributed by atoms with Crippen molar-refractivity contribution >= 4 is 39.3 Å². The first-order valence-corrected chi connectivity index (χ1v) is 12.0. The highest BCUT2D eigenvalue weighted by Crippen LogP contribution is 2.27. The summed E-state index contributed by atoms with van der Waals surface area (Å²) in [7, 11) is -3.95. The maximum absolute atomic E-state index is 12.6. The third-order valence-electron chi connectivity index (χ3n) is 5.25. The third-order valence-corrected chi connectivity index (χ3v) is 6.64. The highest BCUT2D eigenvalue weighted by molar-refractivity contribution is 7.92. The molecule has 14 heteroatoms. The number of benzene rings is 1. The molecule has 2 aromatic rings. The number of sulfonamides is 1. The van der Waals surface area contributed by atoms with Gasteiger partial charge in [0.25, 0.3) is 10.0 Å². The number of rotatable bonds is 6. The van der Waals surface area contributed by atoms with Gasteiger partial charge in [-0.05, 0) is 43.9 Å². The van der Waals surface area contributed by atoms with Gasteiger partial charge >= 0.3 is 18.1 Å². The molecule has 0 atom stereocenters. The summed E-state index contributed by atoms with van der Waals surface area (Å²) in [5.41, 5.74) is 0.415. The molecule has 0 spiro atoms. The lowest BCUT2D eigenvalue weighted by molar-refractivity contribution is -0.192. The lowest BCUT2D eigenvalue weighted by Crippen LogP contribution is -2.34. The third kappa shape index (κ3) is 7.66. The van der Waals surface area contributed by atoms with Crippen LogP contribution in [0.4, 0.5) is 24.7 Å². The Morgan fingerprint density at radius 2 is 1.61 bits per heavy atom. The van der Waals surface area contributed by atoms with E-state index in [1.807, 2.05) is 4.90 Å². The fourth-order valence-corrected chi connectivity index (χ4v) is 4.26. The summed E-state index contributed by atoms with van der Waals surface area (Å²) in [5, 5.41) is 16.7. The van der Waals surface area contributed by atoms with Crippen LogP contribution < -0.4 is 9.62 Å². The van der Waals surface area contributed by atoms with Crippen LogP contribution in [0.15, 0.2) is 41.4 Å². The van der Waals surface area contributed by atoms with E-state index in [-0.39, 0.29) is 21.9 Å². The molecule has 3 rings (SSSR count). The van der Waals surface area contributed by atoms with E-state index in [1.165, 1.54) is 43.5 Å². The highest BCUT2D eigenvalue weighted by Gasteiger charge is 2.38. The Morgan fingerprint density at radius 3 is 2.06 bits per heavy atom. The van der Waals surface area contributed by atoms with Gasteiger partial charge < -0.3 is 15.1 Å². The van der Waals surface area contributed by atoms with Gasteiger partial charge in [0.1, 0.15) is 11.4 Å². The van der Waals surface area contributed by atoms with Gasteiger partial charge in [-0.15, -0.1) is 0 Å². The van der Waals surface area contributed by atoms with E-state index < -0.39 is 28.1 Å². The zero-order valence-corrected chi connectivity index (χ0v) is 20.1. The molecule has 2 heterocycles. The van der Waals surface area contributed by atoms with Crippen LogP contribution >= 0.6 is 0 Å². The molecule has 1 fully saturated rings. The van der Waals surface area contributed by atoms with Gasteiger partial charge in [-0.2, -0.15) is 13.2 Å². The number of nitrogens with one attached hydrogen (secondary N) is 1. The Balaban J connectivity index is 0.000000572. The molecule has 1 aliphatic rings. The van der Waals surface area contributed by atoms with Crippen LogP contribution in [0.3, 0.4) is 0 Å². The molecular weight excluding hydrogens is 507 g/mol. The van der Waals surface area contributed by atoms with Crippen LogP contribution in [0.1, 0.15) is 47.4 Å². The van der Waals surface area contributed by atoms with E-state index in [4.69, 9.17) is 9.90 Å². The first-order chi connectivity index (χ1) is 16.6. The number of Topliss-reactive ketones (excluding diaryl/α,β-unsaturated/α-hetero) is 1. The Bertz CT molecular complexity index is 1220. The number of carboxylic acids is 2. The molecular formula is C22H24F3N3O7S. The lowest BCUT2D eigenvalue weighted by Gasteiger charge is -2.32. The van der Waals surface area contributed by atoms with Gasteiger partial charge in [-0.3, -0.25) is 9.52 Å². The van der Waals surface area contributed by atoms with Gasteiger partial charge in [0, 0.05) is 18.7 Å². The van der Waals surface area contributed by atoms with Crippen LogP contribution in [0.5, 0.6) is 0 Å². The number of aliphatic carboxylic acids is 1. The summed E-state index contributed by atoms with van der Waals surface area (Å²) < 4.78 is 59.3. The first kappa shape index (κ1) is 28.6. The number of nitrogens with zero attached hydrogens (tertiary/aromatic N) is 2. The molecule has 196 valence electrons. The number of hydrogen-bond acceptors (Lipinski definition) is 7. The molecule has 0 bridgehead atoms. The Labute approximate surface area is 204 Å².